The number of nitrogens with one attached hydrogen (secondary N) is 1. The van der Waals surface area contributed by atoms with Gasteiger partial charge in [-0.3, -0.25) is 4.79 Å². The van der Waals surface area contributed by atoms with Crippen molar-refractivity contribution >= 4 is 11.6 Å². The van der Waals surface area contributed by atoms with E-state index < -0.39 is 0 Å². The van der Waals surface area contributed by atoms with Crippen LogP contribution in [0.4, 0.5) is 5.69 Å². The average Bonchev–Trinajstić information content (AvgIpc) is 2.37. The van der Waals surface area contributed by atoms with Crippen molar-refractivity contribution < 1.29 is 14.3 Å². The van der Waals surface area contributed by atoms with E-state index in [2.05, 4.69) is 5.32 Å². The van der Waals surface area contributed by atoms with Gasteiger partial charge in [0.25, 0.3) is 5.91 Å². The second kappa shape index (κ2) is 5.84. The molecule has 1 unspecified atom stereocenters. The summed E-state index contributed by atoms with van der Waals surface area (Å²) in [5.74, 6) is -0.167. The average molecular weight is 250 g/mol. The maximum absolute atomic E-state index is 12.0. The number of carbonyl (C=O) groups excluding carboxylic acids is 1. The zero-order valence-corrected chi connectivity index (χ0v) is 10.4. The highest BCUT2D eigenvalue weighted by atomic mass is 16.6. The highest BCUT2D eigenvalue weighted by molar-refractivity contribution is 6.00. The molecule has 1 aliphatic heterocycles. The van der Waals surface area contributed by atoms with Crippen LogP contribution in [0.2, 0.25) is 0 Å². The summed E-state index contributed by atoms with van der Waals surface area (Å²) in [6, 6.07) is 5.42. The fourth-order valence-electron chi connectivity index (χ4n) is 1.95. The summed E-state index contributed by atoms with van der Waals surface area (Å²) < 4.78 is 10.7. The molecule has 0 aromatic heterocycles. The lowest BCUT2D eigenvalue weighted by molar-refractivity contribution is -0.0855. The van der Waals surface area contributed by atoms with Crippen LogP contribution in [-0.4, -0.2) is 38.4 Å². The van der Waals surface area contributed by atoms with Crippen LogP contribution < -0.4 is 11.1 Å². The molecule has 1 amide bonds. The van der Waals surface area contributed by atoms with Crippen LogP contribution in [0.25, 0.3) is 0 Å². The maximum Gasteiger partial charge on any atom is 0.253 e. The van der Waals surface area contributed by atoms with E-state index in [0.29, 0.717) is 37.6 Å². The van der Waals surface area contributed by atoms with Gasteiger partial charge in [0.05, 0.1) is 31.5 Å². The van der Waals surface area contributed by atoms with Gasteiger partial charge < -0.3 is 20.5 Å². The Morgan fingerprint density at radius 3 is 3.00 bits per heavy atom. The Morgan fingerprint density at radius 2 is 2.33 bits per heavy atom. The van der Waals surface area contributed by atoms with Gasteiger partial charge in [-0.1, -0.05) is 12.1 Å². The maximum atomic E-state index is 12.0. The van der Waals surface area contributed by atoms with E-state index in [0.717, 1.165) is 5.56 Å². The Bertz CT molecular complexity index is 408. The first-order valence-electron chi connectivity index (χ1n) is 6.01. The molecule has 1 atom stereocenters. The summed E-state index contributed by atoms with van der Waals surface area (Å²) in [6.45, 7) is 4.02. The third-order valence-corrected chi connectivity index (χ3v) is 2.91. The van der Waals surface area contributed by atoms with Gasteiger partial charge in [0.15, 0.2) is 0 Å². The predicted octanol–water partition coefficient (Wildman–Crippen LogP) is 0.722. The van der Waals surface area contributed by atoms with Crippen LogP contribution in [-0.2, 0) is 9.47 Å². The monoisotopic (exact) mass is 250 g/mol. The molecule has 1 heterocycles. The van der Waals surface area contributed by atoms with Crippen LogP contribution >= 0.6 is 0 Å². The van der Waals surface area contributed by atoms with Gasteiger partial charge in [-0.05, 0) is 18.6 Å². The number of nitrogens with two attached hydrogens (primary N) is 1. The molecule has 18 heavy (non-hydrogen) atoms. The zero-order valence-electron chi connectivity index (χ0n) is 10.4. The van der Waals surface area contributed by atoms with E-state index >= 15 is 0 Å². The summed E-state index contributed by atoms with van der Waals surface area (Å²) in [4.78, 5) is 12.0. The number of benzene rings is 1. The van der Waals surface area contributed by atoms with Gasteiger partial charge in [0, 0.05) is 12.2 Å². The summed E-state index contributed by atoms with van der Waals surface area (Å²) in [5.41, 5.74) is 7.71. The van der Waals surface area contributed by atoms with Crippen molar-refractivity contribution in [3.8, 4) is 0 Å². The van der Waals surface area contributed by atoms with Gasteiger partial charge in [0.2, 0.25) is 0 Å². The van der Waals surface area contributed by atoms with E-state index in [9.17, 15) is 4.79 Å². The number of rotatable bonds is 3. The molecule has 1 aliphatic rings. The van der Waals surface area contributed by atoms with Crippen LogP contribution in [0.5, 0.6) is 0 Å². The minimum absolute atomic E-state index is 0.0760. The lowest BCUT2D eigenvalue weighted by Gasteiger charge is -2.23. The number of hydrogen-bond acceptors (Lipinski definition) is 4. The van der Waals surface area contributed by atoms with Gasteiger partial charge in [-0.25, -0.2) is 0 Å². The van der Waals surface area contributed by atoms with Crippen LogP contribution in [0, 0.1) is 6.92 Å². The first-order chi connectivity index (χ1) is 8.68. The van der Waals surface area contributed by atoms with E-state index in [1.54, 1.807) is 6.07 Å². The number of aryl methyl sites for hydroxylation is 1. The zero-order chi connectivity index (χ0) is 13.0. The number of carbonyl (C=O) groups is 1. The summed E-state index contributed by atoms with van der Waals surface area (Å²) in [5, 5.41) is 2.83. The number of ether oxygens (including phenoxy) is 2. The molecule has 5 heteroatoms. The molecule has 1 saturated heterocycles. The molecule has 1 aromatic rings. The standard InChI is InChI=1S/C13H18N2O3/c1-9-3-2-4-11(14)12(9)13(16)15-7-10-8-17-5-6-18-10/h2-4,10H,5-8,14H2,1H3,(H,15,16). The minimum Gasteiger partial charge on any atom is -0.398 e. The Labute approximate surface area is 106 Å². The fraction of sp³-hybridized carbons (Fsp3) is 0.462. The Hall–Kier alpha value is -1.59. The molecular formula is C13H18N2O3. The lowest BCUT2D eigenvalue weighted by Crippen LogP contribution is -2.40. The summed E-state index contributed by atoms with van der Waals surface area (Å²) >= 11 is 0. The van der Waals surface area contributed by atoms with Crippen LogP contribution in [0.15, 0.2) is 18.2 Å². The van der Waals surface area contributed by atoms with E-state index in [1.165, 1.54) is 0 Å². The SMILES string of the molecule is Cc1cccc(N)c1C(=O)NCC1COCCO1. The molecule has 1 aromatic carbocycles. The van der Waals surface area contributed by atoms with Crippen molar-refractivity contribution in [2.24, 2.45) is 0 Å². The molecule has 3 N–H and O–H groups in total. The van der Waals surface area contributed by atoms with Crippen molar-refractivity contribution in [3.05, 3.63) is 29.3 Å². The fourth-order valence-corrected chi connectivity index (χ4v) is 1.95. The molecule has 1 fully saturated rings. The first-order valence-corrected chi connectivity index (χ1v) is 6.01. The van der Waals surface area contributed by atoms with Gasteiger partial charge >= 0.3 is 0 Å². The molecule has 98 valence electrons. The Kier molecular flexibility index (Phi) is 4.17. The van der Waals surface area contributed by atoms with Crippen LogP contribution in [0.3, 0.4) is 0 Å². The first kappa shape index (κ1) is 12.9. The molecule has 0 spiro atoms. The molecule has 5 nitrogen and oxygen atoms in total. The van der Waals surface area contributed by atoms with E-state index in [1.807, 2.05) is 19.1 Å². The summed E-state index contributed by atoms with van der Waals surface area (Å²) in [6.07, 6.45) is -0.0760. The second-order valence-electron chi connectivity index (χ2n) is 4.32. The Morgan fingerprint density at radius 1 is 1.50 bits per heavy atom. The van der Waals surface area contributed by atoms with Crippen molar-refractivity contribution in [3.63, 3.8) is 0 Å². The Balaban J connectivity index is 1.95. The number of amides is 1. The third-order valence-electron chi connectivity index (χ3n) is 2.91. The molecule has 0 bridgehead atoms. The van der Waals surface area contributed by atoms with Gasteiger partial charge in [-0.15, -0.1) is 0 Å². The lowest BCUT2D eigenvalue weighted by atomic mass is 10.1. The van der Waals surface area contributed by atoms with E-state index in [-0.39, 0.29) is 12.0 Å². The van der Waals surface area contributed by atoms with Gasteiger partial charge in [0.1, 0.15) is 0 Å². The molecule has 0 saturated carbocycles. The van der Waals surface area contributed by atoms with Crippen molar-refractivity contribution in [1.82, 2.24) is 5.32 Å². The highest BCUT2D eigenvalue weighted by Crippen LogP contribution is 2.15. The van der Waals surface area contributed by atoms with Gasteiger partial charge in [-0.2, -0.15) is 0 Å². The molecule has 0 aliphatic carbocycles. The molecular weight excluding hydrogens is 232 g/mol. The van der Waals surface area contributed by atoms with Crippen LogP contribution in [0.1, 0.15) is 15.9 Å². The number of hydrogen-bond donors (Lipinski definition) is 2. The van der Waals surface area contributed by atoms with Crippen molar-refractivity contribution in [2.75, 3.05) is 32.1 Å². The number of anilines is 1. The number of nitrogen functional groups attached to an aromatic ring is 1. The van der Waals surface area contributed by atoms with Crippen molar-refractivity contribution in [1.29, 1.82) is 0 Å². The van der Waals surface area contributed by atoms with Crippen molar-refractivity contribution in [2.45, 2.75) is 13.0 Å². The summed E-state index contributed by atoms with van der Waals surface area (Å²) in [7, 11) is 0. The highest BCUT2D eigenvalue weighted by Gasteiger charge is 2.17. The van der Waals surface area contributed by atoms with E-state index in [4.69, 9.17) is 15.2 Å². The quantitative estimate of drug-likeness (QED) is 0.775. The second-order valence-corrected chi connectivity index (χ2v) is 4.32. The predicted molar refractivity (Wildman–Crippen MR) is 68.5 cm³/mol. The minimum atomic E-state index is -0.167. The normalized spacial score (nSPS) is 19.5. The molecule has 2 rings (SSSR count). The molecule has 0 radical (unpaired) electrons. The topological polar surface area (TPSA) is 73.6 Å². The third kappa shape index (κ3) is 3.00. The smallest absolute Gasteiger partial charge is 0.253 e. The largest absolute Gasteiger partial charge is 0.398 e.